The van der Waals surface area contributed by atoms with Crippen LogP contribution in [-0.4, -0.2) is 42.4 Å². The van der Waals surface area contributed by atoms with Crippen molar-refractivity contribution >= 4 is 34.2 Å². The van der Waals surface area contributed by atoms with Gasteiger partial charge in [0.15, 0.2) is 11.6 Å². The molecule has 9 heteroatoms. The molecule has 0 radical (unpaired) electrons. The lowest BCUT2D eigenvalue weighted by molar-refractivity contribution is 0.0695. The fourth-order valence-corrected chi connectivity index (χ4v) is 4.54. The molecule has 0 atom stereocenters. The minimum absolute atomic E-state index is 0.0199. The number of hydrogen-bond acceptors (Lipinski definition) is 5. The maximum atomic E-state index is 15.4. The van der Waals surface area contributed by atoms with Crippen molar-refractivity contribution in [2.75, 3.05) is 31.6 Å². The number of nitrogens with two attached hydrogens (primary N) is 1. The highest BCUT2D eigenvalue weighted by atomic mass is 35.5. The number of methoxy groups -OCH3 is 1. The molecule has 4 rings (SSSR count). The van der Waals surface area contributed by atoms with Gasteiger partial charge in [-0.25, -0.2) is 9.18 Å². The van der Waals surface area contributed by atoms with Crippen molar-refractivity contribution in [1.82, 2.24) is 4.57 Å². The topological polar surface area (TPSA) is 97.8 Å². The highest BCUT2D eigenvalue weighted by Crippen LogP contribution is 2.44. The van der Waals surface area contributed by atoms with E-state index in [0.717, 1.165) is 37.3 Å². The molecule has 31 heavy (non-hydrogen) atoms. The highest BCUT2D eigenvalue weighted by Gasteiger charge is 2.31. The van der Waals surface area contributed by atoms with E-state index in [4.69, 9.17) is 22.1 Å². The number of carboxylic acids is 1. The predicted octanol–water partition coefficient (Wildman–Crippen LogP) is 3.62. The third-order valence-corrected chi connectivity index (χ3v) is 6.46. The normalized spacial score (nSPS) is 18.8. The van der Waals surface area contributed by atoms with E-state index in [0.29, 0.717) is 30.1 Å². The van der Waals surface area contributed by atoms with Crippen LogP contribution < -0.4 is 20.8 Å². The second-order valence-electron chi connectivity index (χ2n) is 8.01. The summed E-state index contributed by atoms with van der Waals surface area (Å²) in [5.74, 6) is -1.68. The summed E-state index contributed by atoms with van der Waals surface area (Å²) in [7, 11) is 1.44. The van der Waals surface area contributed by atoms with Gasteiger partial charge in [-0.1, -0.05) is 17.2 Å². The molecule has 1 saturated carbocycles. The Morgan fingerprint density at radius 2 is 2.10 bits per heavy atom. The Hall–Kier alpha value is -2.58. The molecule has 7 nitrogen and oxygen atoms in total. The molecule has 2 heterocycles. The number of rotatable bonds is 5. The summed E-state index contributed by atoms with van der Waals surface area (Å²) in [6.45, 7) is 1.41. The first-order valence-corrected chi connectivity index (χ1v) is 10.7. The number of anilines is 1. The van der Waals surface area contributed by atoms with Gasteiger partial charge in [0.25, 0.3) is 0 Å². The lowest BCUT2D eigenvalue weighted by Gasteiger charge is -2.27. The lowest BCUT2D eigenvalue weighted by atomic mass is 10.1. The van der Waals surface area contributed by atoms with Gasteiger partial charge in [0, 0.05) is 36.9 Å². The van der Waals surface area contributed by atoms with Gasteiger partial charge < -0.3 is 25.0 Å². The van der Waals surface area contributed by atoms with Gasteiger partial charge in [0.05, 0.1) is 18.0 Å². The van der Waals surface area contributed by atoms with Gasteiger partial charge in [-0.05, 0) is 38.2 Å². The monoisotopic (exact) mass is 449 g/mol. The molecule has 0 unspecified atom stereocenters. The average Bonchev–Trinajstić information content (AvgIpc) is 3.60. The van der Waals surface area contributed by atoms with Gasteiger partial charge in [-0.15, -0.1) is 0 Å². The Morgan fingerprint density at radius 3 is 2.71 bits per heavy atom. The predicted molar refractivity (Wildman–Crippen MR) is 118 cm³/mol. The van der Waals surface area contributed by atoms with Crippen molar-refractivity contribution in [3.63, 3.8) is 0 Å². The summed E-state index contributed by atoms with van der Waals surface area (Å²) in [5, 5.41) is 10.1. The van der Waals surface area contributed by atoms with Crippen LogP contribution in [0.3, 0.4) is 0 Å². The Bertz CT molecular complexity index is 1140. The Kier molecular flexibility index (Phi) is 5.94. The van der Waals surface area contributed by atoms with Crippen molar-refractivity contribution in [2.24, 2.45) is 5.73 Å². The number of aromatic nitrogens is 1. The first-order valence-electron chi connectivity index (χ1n) is 10.4. The minimum atomic E-state index is -1.33. The third kappa shape index (κ3) is 3.90. The summed E-state index contributed by atoms with van der Waals surface area (Å²) in [5.41, 5.74) is 6.40. The molecule has 1 aromatic carbocycles. The standard InChI is InChI=1S/C22H25ClFN3O4/c1-31-21-18-14(20(28)15(22(29)30)11-27(18)13-4-5-13)9-17(24)19(21)26-7-2-3-12(6-8-26)16(23)10-25/h9,11,13H,2-8,10,25H2,1H3,(H,29,30)/b16-12+. The van der Waals surface area contributed by atoms with E-state index in [-0.39, 0.29) is 35.0 Å². The fraction of sp³-hybridized carbons (Fsp3) is 0.455. The molecular formula is C22H25ClFN3O4. The van der Waals surface area contributed by atoms with E-state index in [9.17, 15) is 14.7 Å². The summed E-state index contributed by atoms with van der Waals surface area (Å²) in [6.07, 6.45) is 5.31. The fourth-order valence-electron chi connectivity index (χ4n) is 4.35. The smallest absolute Gasteiger partial charge is 0.341 e. The van der Waals surface area contributed by atoms with Crippen LogP contribution in [0.15, 0.2) is 27.7 Å². The summed E-state index contributed by atoms with van der Waals surface area (Å²) in [4.78, 5) is 26.3. The molecule has 0 spiro atoms. The number of ether oxygens (including phenoxy) is 1. The average molecular weight is 450 g/mol. The van der Waals surface area contributed by atoms with Crippen molar-refractivity contribution < 1.29 is 19.0 Å². The SMILES string of the molecule is COc1c(N2CCC/C(=C(\Cl)CN)CC2)c(F)cc2c(=O)c(C(=O)O)cn(C3CC3)c12. The van der Waals surface area contributed by atoms with Crippen LogP contribution in [0.5, 0.6) is 5.75 Å². The molecule has 1 aromatic heterocycles. The van der Waals surface area contributed by atoms with Crippen LogP contribution in [0.1, 0.15) is 48.5 Å². The summed E-state index contributed by atoms with van der Waals surface area (Å²) in [6, 6.07) is 1.21. The van der Waals surface area contributed by atoms with E-state index in [1.807, 2.05) is 4.90 Å². The summed E-state index contributed by atoms with van der Waals surface area (Å²) < 4.78 is 22.8. The molecule has 1 aliphatic carbocycles. The Labute approximate surface area is 183 Å². The van der Waals surface area contributed by atoms with Crippen molar-refractivity contribution in [1.29, 1.82) is 0 Å². The van der Waals surface area contributed by atoms with E-state index >= 15 is 4.39 Å². The molecule has 0 amide bonds. The highest BCUT2D eigenvalue weighted by molar-refractivity contribution is 6.30. The number of nitrogens with zero attached hydrogens (tertiary/aromatic N) is 2. The van der Waals surface area contributed by atoms with Crippen LogP contribution in [0.25, 0.3) is 10.9 Å². The molecule has 2 aliphatic rings. The maximum absolute atomic E-state index is 15.4. The zero-order valence-corrected chi connectivity index (χ0v) is 18.0. The largest absolute Gasteiger partial charge is 0.492 e. The lowest BCUT2D eigenvalue weighted by Crippen LogP contribution is -2.27. The molecule has 1 saturated heterocycles. The number of fused-ring (bicyclic) bond motifs is 1. The third-order valence-electron chi connectivity index (χ3n) is 6.04. The number of carbonyl (C=O) groups is 1. The van der Waals surface area contributed by atoms with E-state index in [1.54, 1.807) is 4.57 Å². The number of aromatic carboxylic acids is 1. The number of benzene rings is 1. The summed E-state index contributed by atoms with van der Waals surface area (Å²) >= 11 is 6.25. The zero-order valence-electron chi connectivity index (χ0n) is 17.3. The Balaban J connectivity index is 1.90. The van der Waals surface area contributed by atoms with Crippen molar-refractivity contribution in [3.05, 3.63) is 44.5 Å². The van der Waals surface area contributed by atoms with Gasteiger partial charge in [-0.2, -0.15) is 0 Å². The van der Waals surface area contributed by atoms with E-state index in [2.05, 4.69) is 0 Å². The second kappa shape index (κ2) is 8.51. The van der Waals surface area contributed by atoms with Crippen LogP contribution in [0.2, 0.25) is 0 Å². The minimum Gasteiger partial charge on any atom is -0.492 e. The van der Waals surface area contributed by atoms with Gasteiger partial charge >= 0.3 is 5.97 Å². The van der Waals surface area contributed by atoms with Crippen LogP contribution in [0.4, 0.5) is 10.1 Å². The Morgan fingerprint density at radius 1 is 1.35 bits per heavy atom. The number of pyridine rings is 1. The van der Waals surface area contributed by atoms with Gasteiger partial charge in [-0.3, -0.25) is 4.79 Å². The van der Waals surface area contributed by atoms with Gasteiger partial charge in [0.2, 0.25) is 5.43 Å². The number of halogens is 2. The van der Waals surface area contributed by atoms with E-state index < -0.39 is 17.2 Å². The zero-order chi connectivity index (χ0) is 22.3. The van der Waals surface area contributed by atoms with Gasteiger partial charge in [0.1, 0.15) is 11.3 Å². The maximum Gasteiger partial charge on any atom is 0.341 e. The second-order valence-corrected chi connectivity index (χ2v) is 8.46. The van der Waals surface area contributed by atoms with Crippen molar-refractivity contribution in [3.8, 4) is 5.75 Å². The first kappa shape index (κ1) is 21.6. The van der Waals surface area contributed by atoms with Crippen LogP contribution in [-0.2, 0) is 0 Å². The first-order chi connectivity index (χ1) is 14.9. The van der Waals surface area contributed by atoms with Crippen LogP contribution in [0, 0.1) is 5.82 Å². The molecule has 2 fully saturated rings. The molecular weight excluding hydrogens is 425 g/mol. The van der Waals surface area contributed by atoms with Crippen molar-refractivity contribution in [2.45, 2.75) is 38.1 Å². The molecule has 3 N–H and O–H groups in total. The molecule has 166 valence electrons. The quantitative estimate of drug-likeness (QED) is 0.723. The number of hydrogen-bond donors (Lipinski definition) is 2. The molecule has 2 aromatic rings. The van der Waals surface area contributed by atoms with Crippen LogP contribution >= 0.6 is 11.6 Å². The number of carboxylic acid groups (broad SMARTS) is 1. The molecule has 0 bridgehead atoms. The molecule has 1 aliphatic heterocycles. The van der Waals surface area contributed by atoms with E-state index in [1.165, 1.54) is 13.3 Å².